The Morgan fingerprint density at radius 2 is 2.18 bits per heavy atom. The second-order valence-corrected chi connectivity index (χ2v) is 4.31. The second-order valence-electron chi connectivity index (χ2n) is 3.46. The summed E-state index contributed by atoms with van der Waals surface area (Å²) in [7, 11) is 0. The standard InChI is InChI=1S/C12H13BrF2O2/c1-2-17-11(16)6-5-8-3-4-9(12(14)15)7-10(8)13/h3-4,7,12H,2,5-6H2,1H3. The van der Waals surface area contributed by atoms with Gasteiger partial charge < -0.3 is 4.74 Å². The van der Waals surface area contributed by atoms with Gasteiger partial charge in [-0.15, -0.1) is 0 Å². The summed E-state index contributed by atoms with van der Waals surface area (Å²) in [6.45, 7) is 2.09. The maximum Gasteiger partial charge on any atom is 0.306 e. The van der Waals surface area contributed by atoms with E-state index in [1.165, 1.54) is 12.1 Å². The first-order valence-electron chi connectivity index (χ1n) is 5.26. The molecular weight excluding hydrogens is 294 g/mol. The monoisotopic (exact) mass is 306 g/mol. The molecule has 0 aromatic heterocycles. The molecule has 0 aliphatic rings. The van der Waals surface area contributed by atoms with Crippen molar-refractivity contribution < 1.29 is 18.3 Å². The van der Waals surface area contributed by atoms with Gasteiger partial charge in [0.1, 0.15) is 0 Å². The molecule has 1 rings (SSSR count). The van der Waals surface area contributed by atoms with Crippen LogP contribution in [0, 0.1) is 0 Å². The molecule has 0 aliphatic heterocycles. The predicted molar refractivity (Wildman–Crippen MR) is 64.1 cm³/mol. The van der Waals surface area contributed by atoms with Crippen LogP contribution in [0.1, 0.15) is 30.9 Å². The minimum Gasteiger partial charge on any atom is -0.466 e. The van der Waals surface area contributed by atoms with E-state index in [0.29, 0.717) is 17.5 Å². The van der Waals surface area contributed by atoms with E-state index in [9.17, 15) is 13.6 Å². The first-order chi connectivity index (χ1) is 8.04. The van der Waals surface area contributed by atoms with Gasteiger partial charge in [-0.3, -0.25) is 4.79 Å². The third-order valence-corrected chi connectivity index (χ3v) is 2.97. The van der Waals surface area contributed by atoms with Gasteiger partial charge in [0.25, 0.3) is 6.43 Å². The average Bonchev–Trinajstić information content (AvgIpc) is 2.27. The van der Waals surface area contributed by atoms with Crippen LogP contribution in [0.3, 0.4) is 0 Å². The molecule has 0 heterocycles. The highest BCUT2D eigenvalue weighted by Gasteiger charge is 2.10. The summed E-state index contributed by atoms with van der Waals surface area (Å²) in [6, 6.07) is 4.35. The van der Waals surface area contributed by atoms with E-state index < -0.39 is 6.43 Å². The van der Waals surface area contributed by atoms with E-state index in [1.54, 1.807) is 13.0 Å². The van der Waals surface area contributed by atoms with Crippen LogP contribution in [-0.4, -0.2) is 12.6 Å². The molecule has 0 saturated carbocycles. The van der Waals surface area contributed by atoms with Gasteiger partial charge in [0.2, 0.25) is 0 Å². The van der Waals surface area contributed by atoms with Crippen LogP contribution < -0.4 is 0 Å². The normalized spacial score (nSPS) is 10.6. The molecule has 0 atom stereocenters. The third kappa shape index (κ3) is 4.42. The quantitative estimate of drug-likeness (QED) is 0.772. The fourth-order valence-corrected chi connectivity index (χ4v) is 1.97. The number of carbonyl (C=O) groups is 1. The topological polar surface area (TPSA) is 26.3 Å². The molecule has 5 heteroatoms. The van der Waals surface area contributed by atoms with Gasteiger partial charge in [-0.1, -0.05) is 28.1 Å². The minimum absolute atomic E-state index is 0.0308. The number of halogens is 3. The molecule has 0 amide bonds. The molecular formula is C12H13BrF2O2. The Bertz CT molecular complexity index is 394. The Morgan fingerprint density at radius 3 is 2.71 bits per heavy atom. The molecule has 94 valence electrons. The third-order valence-electron chi connectivity index (χ3n) is 2.23. The number of rotatable bonds is 5. The second kappa shape index (κ2) is 6.69. The summed E-state index contributed by atoms with van der Waals surface area (Å²) >= 11 is 3.22. The maximum atomic E-state index is 12.4. The zero-order chi connectivity index (χ0) is 12.8. The summed E-state index contributed by atoms with van der Waals surface area (Å²) in [5.41, 5.74) is 0.791. The van der Waals surface area contributed by atoms with Crippen LogP contribution in [-0.2, 0) is 16.0 Å². The lowest BCUT2D eigenvalue weighted by Crippen LogP contribution is -2.05. The summed E-state index contributed by atoms with van der Waals surface area (Å²) in [5, 5.41) is 0. The number of carbonyl (C=O) groups excluding carboxylic acids is 1. The van der Waals surface area contributed by atoms with Crippen molar-refractivity contribution in [2.45, 2.75) is 26.2 Å². The minimum atomic E-state index is -2.48. The molecule has 2 nitrogen and oxygen atoms in total. The Morgan fingerprint density at radius 1 is 1.47 bits per heavy atom. The van der Waals surface area contributed by atoms with Crippen molar-refractivity contribution in [1.29, 1.82) is 0 Å². The average molecular weight is 307 g/mol. The van der Waals surface area contributed by atoms with Gasteiger partial charge in [0.05, 0.1) is 6.61 Å². The van der Waals surface area contributed by atoms with E-state index >= 15 is 0 Å². The Hall–Kier alpha value is -0.970. The summed E-state index contributed by atoms with van der Waals surface area (Å²) in [6.07, 6.45) is -1.76. The lowest BCUT2D eigenvalue weighted by molar-refractivity contribution is -0.143. The van der Waals surface area contributed by atoms with Gasteiger partial charge in [-0.2, -0.15) is 0 Å². The molecule has 0 unspecified atom stereocenters. The van der Waals surface area contributed by atoms with Gasteiger partial charge in [0, 0.05) is 16.5 Å². The molecule has 0 spiro atoms. The molecule has 0 bridgehead atoms. The fourth-order valence-electron chi connectivity index (χ4n) is 1.37. The van der Waals surface area contributed by atoms with Crippen molar-refractivity contribution in [3.8, 4) is 0 Å². The molecule has 0 saturated heterocycles. The van der Waals surface area contributed by atoms with Crippen LogP contribution in [0.15, 0.2) is 22.7 Å². The smallest absolute Gasteiger partial charge is 0.306 e. The molecule has 0 fully saturated rings. The lowest BCUT2D eigenvalue weighted by atomic mass is 10.1. The summed E-state index contributed by atoms with van der Waals surface area (Å²) in [5.74, 6) is -0.280. The number of hydrogen-bond donors (Lipinski definition) is 0. The number of ether oxygens (including phenoxy) is 1. The van der Waals surface area contributed by atoms with Crippen molar-refractivity contribution in [3.63, 3.8) is 0 Å². The largest absolute Gasteiger partial charge is 0.466 e. The number of esters is 1. The van der Waals surface area contributed by atoms with E-state index in [2.05, 4.69) is 15.9 Å². The zero-order valence-electron chi connectivity index (χ0n) is 9.38. The summed E-state index contributed by atoms with van der Waals surface area (Å²) in [4.78, 5) is 11.1. The highest BCUT2D eigenvalue weighted by Crippen LogP contribution is 2.26. The van der Waals surface area contributed by atoms with Crippen molar-refractivity contribution in [2.24, 2.45) is 0 Å². The highest BCUT2D eigenvalue weighted by molar-refractivity contribution is 9.10. The van der Waals surface area contributed by atoms with Gasteiger partial charge in [-0.25, -0.2) is 8.78 Å². The van der Waals surface area contributed by atoms with E-state index in [1.807, 2.05) is 0 Å². The zero-order valence-corrected chi connectivity index (χ0v) is 11.0. The number of aryl methyl sites for hydroxylation is 1. The van der Waals surface area contributed by atoms with Crippen LogP contribution in [0.4, 0.5) is 8.78 Å². The number of alkyl halides is 2. The van der Waals surface area contributed by atoms with Gasteiger partial charge in [0.15, 0.2) is 0 Å². The predicted octanol–water partition coefficient (Wildman–Crippen LogP) is 3.88. The van der Waals surface area contributed by atoms with E-state index in [0.717, 1.165) is 5.56 Å². The van der Waals surface area contributed by atoms with Crippen molar-refractivity contribution >= 4 is 21.9 Å². The van der Waals surface area contributed by atoms with Crippen molar-refractivity contribution in [3.05, 3.63) is 33.8 Å². The molecule has 17 heavy (non-hydrogen) atoms. The van der Waals surface area contributed by atoms with Crippen LogP contribution in [0.5, 0.6) is 0 Å². The van der Waals surface area contributed by atoms with Crippen LogP contribution in [0.2, 0.25) is 0 Å². The maximum absolute atomic E-state index is 12.4. The molecule has 0 aliphatic carbocycles. The van der Waals surface area contributed by atoms with E-state index in [4.69, 9.17) is 4.74 Å². The Labute approximate surface area is 107 Å². The summed E-state index contributed by atoms with van der Waals surface area (Å²) < 4.78 is 30.2. The Balaban J connectivity index is 2.63. The first kappa shape index (κ1) is 14.1. The van der Waals surface area contributed by atoms with Gasteiger partial charge >= 0.3 is 5.97 Å². The van der Waals surface area contributed by atoms with Crippen LogP contribution in [0.25, 0.3) is 0 Å². The molecule has 1 aromatic rings. The SMILES string of the molecule is CCOC(=O)CCc1ccc(C(F)F)cc1Br. The number of hydrogen-bond acceptors (Lipinski definition) is 2. The molecule has 0 N–H and O–H groups in total. The first-order valence-corrected chi connectivity index (χ1v) is 6.06. The molecule has 1 aromatic carbocycles. The number of benzene rings is 1. The van der Waals surface area contributed by atoms with E-state index in [-0.39, 0.29) is 18.0 Å². The fraction of sp³-hybridized carbons (Fsp3) is 0.417. The molecule has 0 radical (unpaired) electrons. The lowest BCUT2D eigenvalue weighted by Gasteiger charge is -2.07. The van der Waals surface area contributed by atoms with Gasteiger partial charge in [-0.05, 0) is 25.0 Å². The highest BCUT2D eigenvalue weighted by atomic mass is 79.9. The van der Waals surface area contributed by atoms with Crippen molar-refractivity contribution in [2.75, 3.05) is 6.61 Å². The Kier molecular flexibility index (Phi) is 5.55. The van der Waals surface area contributed by atoms with Crippen LogP contribution >= 0.6 is 15.9 Å². The van der Waals surface area contributed by atoms with Crippen molar-refractivity contribution in [1.82, 2.24) is 0 Å².